The van der Waals surface area contributed by atoms with Crippen LogP contribution in [0.25, 0.3) is 11.4 Å². The summed E-state index contributed by atoms with van der Waals surface area (Å²) in [6.07, 6.45) is 5.88. The van der Waals surface area contributed by atoms with Crippen molar-refractivity contribution < 1.29 is 0 Å². The number of nitrogens with zero attached hydrogens (tertiary/aromatic N) is 4. The summed E-state index contributed by atoms with van der Waals surface area (Å²) in [6, 6.07) is 4.03. The Labute approximate surface area is 143 Å². The van der Waals surface area contributed by atoms with Crippen LogP contribution >= 0.6 is 0 Å². The van der Waals surface area contributed by atoms with E-state index in [0.717, 1.165) is 47.1 Å². The van der Waals surface area contributed by atoms with E-state index in [1.807, 2.05) is 37.0 Å². The van der Waals surface area contributed by atoms with Crippen LogP contribution in [-0.4, -0.2) is 39.6 Å². The van der Waals surface area contributed by atoms with Crippen molar-refractivity contribution in [2.45, 2.75) is 26.2 Å². The zero-order valence-corrected chi connectivity index (χ0v) is 14.5. The molecule has 2 aromatic heterocycles. The van der Waals surface area contributed by atoms with Gasteiger partial charge in [0.15, 0.2) is 0 Å². The molecule has 2 aliphatic rings. The zero-order valence-electron chi connectivity index (χ0n) is 14.5. The Morgan fingerprint density at radius 3 is 2.62 bits per heavy atom. The number of fused-ring (bicyclic) bond motifs is 1. The lowest BCUT2D eigenvalue weighted by molar-refractivity contribution is 0.470. The molecule has 2 atom stereocenters. The maximum Gasteiger partial charge on any atom is 0.148 e. The highest BCUT2D eigenvalue weighted by Crippen LogP contribution is 2.39. The van der Waals surface area contributed by atoms with Gasteiger partial charge in [-0.25, -0.2) is 0 Å². The minimum Gasteiger partial charge on any atom is -0.369 e. The van der Waals surface area contributed by atoms with Crippen molar-refractivity contribution in [3.05, 3.63) is 23.9 Å². The molecule has 4 rings (SSSR count). The van der Waals surface area contributed by atoms with E-state index in [9.17, 15) is 0 Å². The molecule has 2 fully saturated rings. The topological polar surface area (TPSA) is 67.7 Å². The lowest BCUT2D eigenvalue weighted by Crippen LogP contribution is -2.14. The summed E-state index contributed by atoms with van der Waals surface area (Å²) >= 11 is 0. The molecule has 2 N–H and O–H groups in total. The highest BCUT2D eigenvalue weighted by molar-refractivity contribution is 5.59. The van der Waals surface area contributed by atoms with Crippen molar-refractivity contribution in [2.75, 3.05) is 25.0 Å². The van der Waals surface area contributed by atoms with E-state index in [0.29, 0.717) is 0 Å². The van der Waals surface area contributed by atoms with Gasteiger partial charge in [-0.05, 0) is 74.7 Å². The summed E-state index contributed by atoms with van der Waals surface area (Å²) in [6.45, 7) is 5.49. The van der Waals surface area contributed by atoms with Crippen molar-refractivity contribution in [3.63, 3.8) is 0 Å². The van der Waals surface area contributed by atoms with Gasteiger partial charge in [-0.2, -0.15) is 5.10 Å². The number of hydrogen-bond donors (Lipinski definition) is 2. The molecule has 0 amide bonds. The molecule has 0 radical (unpaired) electrons. The van der Waals surface area contributed by atoms with Gasteiger partial charge in [0, 0.05) is 13.6 Å². The highest BCUT2D eigenvalue weighted by atomic mass is 15.3. The van der Waals surface area contributed by atoms with Crippen LogP contribution in [0.4, 0.5) is 5.82 Å². The van der Waals surface area contributed by atoms with E-state index in [4.69, 9.17) is 0 Å². The van der Waals surface area contributed by atoms with E-state index in [-0.39, 0.29) is 0 Å². The van der Waals surface area contributed by atoms with Crippen LogP contribution in [0.1, 0.15) is 24.8 Å². The molecule has 1 saturated carbocycles. The monoisotopic (exact) mass is 326 g/mol. The van der Waals surface area contributed by atoms with Crippen molar-refractivity contribution in [1.29, 1.82) is 0 Å². The summed E-state index contributed by atoms with van der Waals surface area (Å²) in [4.78, 5) is 0. The van der Waals surface area contributed by atoms with E-state index in [1.165, 1.54) is 32.4 Å². The first-order valence-electron chi connectivity index (χ1n) is 8.98. The molecule has 3 heterocycles. The molecule has 24 heavy (non-hydrogen) atoms. The third-order valence-corrected chi connectivity index (χ3v) is 5.64. The van der Waals surface area contributed by atoms with Crippen molar-refractivity contribution in [2.24, 2.45) is 24.8 Å². The molecule has 1 aliphatic carbocycles. The van der Waals surface area contributed by atoms with Crippen molar-refractivity contribution >= 4 is 5.82 Å². The first-order valence-corrected chi connectivity index (χ1v) is 8.98. The van der Waals surface area contributed by atoms with Crippen LogP contribution in [0.5, 0.6) is 0 Å². The number of rotatable bonds is 5. The van der Waals surface area contributed by atoms with Gasteiger partial charge in [0.25, 0.3) is 0 Å². The average Bonchev–Trinajstić information content (AvgIpc) is 3.24. The third kappa shape index (κ3) is 3.02. The Balaban J connectivity index is 1.30. The summed E-state index contributed by atoms with van der Waals surface area (Å²) < 4.78 is 1.85. The molecule has 2 unspecified atom stereocenters. The van der Waals surface area contributed by atoms with Gasteiger partial charge in [0.2, 0.25) is 0 Å². The number of anilines is 1. The van der Waals surface area contributed by atoms with Crippen LogP contribution in [-0.2, 0) is 7.05 Å². The number of aryl methyl sites for hydroxylation is 2. The van der Waals surface area contributed by atoms with Crippen molar-refractivity contribution in [1.82, 2.24) is 25.3 Å². The quantitative estimate of drug-likeness (QED) is 0.882. The Bertz CT molecular complexity index is 661. The fourth-order valence-corrected chi connectivity index (χ4v) is 4.40. The summed E-state index contributed by atoms with van der Waals surface area (Å²) in [5.41, 5.74) is 3.02. The molecule has 0 aromatic carbocycles. The fourth-order valence-electron chi connectivity index (χ4n) is 4.40. The summed E-state index contributed by atoms with van der Waals surface area (Å²) in [5, 5.41) is 19.9. The molecule has 0 bridgehead atoms. The second-order valence-electron chi connectivity index (χ2n) is 7.33. The van der Waals surface area contributed by atoms with E-state index in [2.05, 4.69) is 25.9 Å². The Morgan fingerprint density at radius 2 is 2.00 bits per heavy atom. The minimum absolute atomic E-state index is 0.860. The second kappa shape index (κ2) is 6.51. The van der Waals surface area contributed by atoms with E-state index < -0.39 is 0 Å². The summed E-state index contributed by atoms with van der Waals surface area (Å²) in [7, 11) is 1.93. The number of nitrogens with one attached hydrogen (secondary N) is 2. The molecule has 128 valence electrons. The van der Waals surface area contributed by atoms with Crippen LogP contribution in [0.15, 0.2) is 18.3 Å². The molecule has 1 aliphatic heterocycles. The van der Waals surface area contributed by atoms with Gasteiger partial charge in [-0.1, -0.05) is 0 Å². The normalized spacial score (nSPS) is 25.8. The first kappa shape index (κ1) is 15.6. The maximum absolute atomic E-state index is 4.36. The molecule has 6 heteroatoms. The standard InChI is InChI=1S/C18H26N6/c1-12-9-21-24(2)18(12)16-3-4-17(23-22-16)20-6-5-13-7-14-10-19-11-15(14)8-13/h3-4,9,13-15,19H,5-8,10-11H2,1-2H3,(H,20,23). The maximum atomic E-state index is 4.36. The summed E-state index contributed by atoms with van der Waals surface area (Å²) in [5.74, 6) is 3.59. The molecule has 0 spiro atoms. The van der Waals surface area contributed by atoms with Gasteiger partial charge >= 0.3 is 0 Å². The highest BCUT2D eigenvalue weighted by Gasteiger charge is 2.36. The van der Waals surface area contributed by atoms with Gasteiger partial charge in [0.1, 0.15) is 11.5 Å². The van der Waals surface area contributed by atoms with Crippen LogP contribution in [0, 0.1) is 24.7 Å². The van der Waals surface area contributed by atoms with E-state index in [1.54, 1.807) is 0 Å². The predicted octanol–water partition coefficient (Wildman–Crippen LogP) is 2.23. The smallest absolute Gasteiger partial charge is 0.148 e. The lowest BCUT2D eigenvalue weighted by Gasteiger charge is -2.12. The first-order chi connectivity index (χ1) is 11.7. The second-order valence-corrected chi connectivity index (χ2v) is 7.33. The van der Waals surface area contributed by atoms with Crippen LogP contribution < -0.4 is 10.6 Å². The Kier molecular flexibility index (Phi) is 4.22. The third-order valence-electron chi connectivity index (χ3n) is 5.64. The lowest BCUT2D eigenvalue weighted by atomic mass is 10.0. The largest absolute Gasteiger partial charge is 0.369 e. The van der Waals surface area contributed by atoms with E-state index >= 15 is 0 Å². The Hall–Kier alpha value is -1.95. The number of aromatic nitrogens is 4. The minimum atomic E-state index is 0.860. The SMILES string of the molecule is Cc1cnn(C)c1-c1ccc(NCCC2CC3CNCC3C2)nn1. The molecule has 6 nitrogen and oxygen atoms in total. The molecule has 2 aromatic rings. The average molecular weight is 326 g/mol. The Morgan fingerprint density at radius 1 is 1.21 bits per heavy atom. The zero-order chi connectivity index (χ0) is 16.5. The molecule has 1 saturated heterocycles. The van der Waals surface area contributed by atoms with Gasteiger partial charge in [-0.15, -0.1) is 10.2 Å². The fraction of sp³-hybridized carbons (Fsp3) is 0.611. The van der Waals surface area contributed by atoms with Crippen LogP contribution in [0.3, 0.4) is 0 Å². The van der Waals surface area contributed by atoms with Gasteiger partial charge in [-0.3, -0.25) is 4.68 Å². The van der Waals surface area contributed by atoms with Crippen molar-refractivity contribution in [3.8, 4) is 11.4 Å². The molecular formula is C18H26N6. The van der Waals surface area contributed by atoms with Crippen LogP contribution in [0.2, 0.25) is 0 Å². The number of hydrogen-bond acceptors (Lipinski definition) is 5. The van der Waals surface area contributed by atoms with Gasteiger partial charge < -0.3 is 10.6 Å². The predicted molar refractivity (Wildman–Crippen MR) is 94.7 cm³/mol. The van der Waals surface area contributed by atoms with Gasteiger partial charge in [0.05, 0.1) is 11.9 Å². The molecular weight excluding hydrogens is 300 g/mol.